The number of anilines is 1. The van der Waals surface area contributed by atoms with Crippen LogP contribution in [0.5, 0.6) is 5.75 Å². The molecule has 1 aliphatic heterocycles. The lowest BCUT2D eigenvalue weighted by molar-refractivity contribution is 0.230. The van der Waals surface area contributed by atoms with Crippen molar-refractivity contribution in [1.82, 2.24) is 4.90 Å². The van der Waals surface area contributed by atoms with Crippen molar-refractivity contribution in [2.24, 2.45) is 0 Å². The first-order chi connectivity index (χ1) is 9.60. The van der Waals surface area contributed by atoms with Crippen LogP contribution in [-0.4, -0.2) is 37.2 Å². The third-order valence-corrected chi connectivity index (χ3v) is 4.03. The molecule has 0 radical (unpaired) electrons. The van der Waals surface area contributed by atoms with Crippen molar-refractivity contribution in [3.05, 3.63) is 24.0 Å². The van der Waals surface area contributed by atoms with Gasteiger partial charge in [-0.1, -0.05) is 0 Å². The van der Waals surface area contributed by atoms with E-state index in [0.717, 1.165) is 32.4 Å². The van der Waals surface area contributed by atoms with Crippen molar-refractivity contribution in [3.8, 4) is 5.75 Å². The van der Waals surface area contributed by atoms with E-state index >= 15 is 0 Å². The molecule has 0 spiro atoms. The highest BCUT2D eigenvalue weighted by atomic mass is 19.1. The number of benzene rings is 1. The van der Waals surface area contributed by atoms with Gasteiger partial charge in [0, 0.05) is 24.7 Å². The summed E-state index contributed by atoms with van der Waals surface area (Å²) in [6.07, 6.45) is 3.29. The van der Waals surface area contributed by atoms with E-state index < -0.39 is 0 Å². The minimum Gasteiger partial charge on any atom is -0.497 e. The molecule has 0 aromatic heterocycles. The third-order valence-electron chi connectivity index (χ3n) is 4.03. The molecule has 112 valence electrons. The van der Waals surface area contributed by atoms with Crippen molar-refractivity contribution in [2.45, 2.75) is 45.2 Å². The number of halogens is 1. The van der Waals surface area contributed by atoms with Crippen LogP contribution in [0, 0.1) is 5.82 Å². The number of hydrogen-bond donors (Lipinski definition) is 1. The molecule has 4 heteroatoms. The molecule has 0 aliphatic carbocycles. The number of nitrogens with one attached hydrogen (secondary N) is 1. The van der Waals surface area contributed by atoms with E-state index in [9.17, 15) is 4.39 Å². The Balaban J connectivity index is 1.99. The van der Waals surface area contributed by atoms with Gasteiger partial charge in [0.25, 0.3) is 0 Å². The Labute approximate surface area is 121 Å². The SMILES string of the molecule is COc1ccc(F)c(NC2CCCN(C(C)C)CC2)c1. The Bertz CT molecular complexity index is 436. The van der Waals surface area contributed by atoms with Crippen molar-refractivity contribution in [1.29, 1.82) is 0 Å². The Morgan fingerprint density at radius 2 is 2.10 bits per heavy atom. The minimum atomic E-state index is -0.212. The van der Waals surface area contributed by atoms with Gasteiger partial charge >= 0.3 is 0 Å². The second-order valence-corrected chi connectivity index (χ2v) is 5.75. The Hall–Kier alpha value is -1.29. The van der Waals surface area contributed by atoms with Gasteiger partial charge < -0.3 is 15.0 Å². The van der Waals surface area contributed by atoms with E-state index in [-0.39, 0.29) is 5.82 Å². The summed E-state index contributed by atoms with van der Waals surface area (Å²) < 4.78 is 19.0. The molecule has 1 atom stereocenters. The van der Waals surface area contributed by atoms with Gasteiger partial charge in [0.1, 0.15) is 11.6 Å². The van der Waals surface area contributed by atoms with Crippen molar-refractivity contribution < 1.29 is 9.13 Å². The van der Waals surface area contributed by atoms with Gasteiger partial charge in [0.2, 0.25) is 0 Å². The number of hydrogen-bond acceptors (Lipinski definition) is 3. The fraction of sp³-hybridized carbons (Fsp3) is 0.625. The highest BCUT2D eigenvalue weighted by molar-refractivity contribution is 5.50. The average molecular weight is 280 g/mol. The van der Waals surface area contributed by atoms with Crippen LogP contribution in [0.2, 0.25) is 0 Å². The monoisotopic (exact) mass is 280 g/mol. The lowest BCUT2D eigenvalue weighted by Crippen LogP contribution is -2.32. The summed E-state index contributed by atoms with van der Waals surface area (Å²) in [6.45, 7) is 6.67. The van der Waals surface area contributed by atoms with E-state index in [1.165, 1.54) is 6.07 Å². The Kier molecular flexibility index (Phi) is 5.24. The second kappa shape index (κ2) is 6.93. The van der Waals surface area contributed by atoms with Gasteiger partial charge in [-0.05, 0) is 51.8 Å². The van der Waals surface area contributed by atoms with Gasteiger partial charge in [-0.25, -0.2) is 4.39 Å². The summed E-state index contributed by atoms with van der Waals surface area (Å²) in [4.78, 5) is 2.49. The quantitative estimate of drug-likeness (QED) is 0.913. The maximum Gasteiger partial charge on any atom is 0.146 e. The van der Waals surface area contributed by atoms with E-state index in [1.807, 2.05) is 0 Å². The van der Waals surface area contributed by atoms with E-state index in [4.69, 9.17) is 4.74 Å². The number of likely N-dealkylation sites (tertiary alicyclic amines) is 1. The first-order valence-electron chi connectivity index (χ1n) is 7.44. The Morgan fingerprint density at radius 3 is 2.80 bits per heavy atom. The summed E-state index contributed by atoms with van der Waals surface area (Å²) in [5.74, 6) is 0.474. The molecule has 1 aliphatic rings. The standard InChI is InChI=1S/C16H25FN2O/c1-12(2)19-9-4-5-13(8-10-19)18-16-11-14(20-3)6-7-15(16)17/h6-7,11-13,18H,4-5,8-10H2,1-3H3. The third kappa shape index (κ3) is 3.85. The molecule has 3 nitrogen and oxygen atoms in total. The van der Waals surface area contributed by atoms with E-state index in [0.29, 0.717) is 23.5 Å². The van der Waals surface area contributed by atoms with Gasteiger partial charge in [0.05, 0.1) is 12.8 Å². The molecular weight excluding hydrogens is 255 g/mol. The molecule has 0 bridgehead atoms. The zero-order chi connectivity index (χ0) is 14.5. The molecule has 1 aromatic rings. The number of methoxy groups -OCH3 is 1. The van der Waals surface area contributed by atoms with Crippen LogP contribution in [0.3, 0.4) is 0 Å². The lowest BCUT2D eigenvalue weighted by atomic mass is 10.1. The molecule has 1 heterocycles. The van der Waals surface area contributed by atoms with Gasteiger partial charge in [-0.15, -0.1) is 0 Å². The fourth-order valence-corrected chi connectivity index (χ4v) is 2.74. The molecule has 0 saturated carbocycles. The maximum atomic E-state index is 13.8. The van der Waals surface area contributed by atoms with Crippen LogP contribution >= 0.6 is 0 Å². The zero-order valence-corrected chi connectivity index (χ0v) is 12.7. The van der Waals surface area contributed by atoms with Crippen LogP contribution in [0.25, 0.3) is 0 Å². The average Bonchev–Trinajstić information content (AvgIpc) is 2.67. The first-order valence-corrected chi connectivity index (χ1v) is 7.44. The fourth-order valence-electron chi connectivity index (χ4n) is 2.74. The molecule has 1 saturated heterocycles. The van der Waals surface area contributed by atoms with Crippen molar-refractivity contribution in [2.75, 3.05) is 25.5 Å². The van der Waals surface area contributed by atoms with Crippen LogP contribution in [0.15, 0.2) is 18.2 Å². The van der Waals surface area contributed by atoms with Crippen molar-refractivity contribution >= 4 is 5.69 Å². The van der Waals surface area contributed by atoms with Crippen LogP contribution < -0.4 is 10.1 Å². The predicted molar refractivity (Wildman–Crippen MR) is 80.9 cm³/mol. The molecular formula is C16H25FN2O. The van der Waals surface area contributed by atoms with Crippen LogP contribution in [0.1, 0.15) is 33.1 Å². The van der Waals surface area contributed by atoms with Gasteiger partial charge in [-0.2, -0.15) is 0 Å². The lowest BCUT2D eigenvalue weighted by Gasteiger charge is -2.24. The highest BCUT2D eigenvalue weighted by Crippen LogP contribution is 2.24. The summed E-state index contributed by atoms with van der Waals surface area (Å²) in [6, 6.07) is 5.76. The first kappa shape index (κ1) is 15.1. The Morgan fingerprint density at radius 1 is 1.30 bits per heavy atom. The highest BCUT2D eigenvalue weighted by Gasteiger charge is 2.19. The van der Waals surface area contributed by atoms with Gasteiger partial charge in [-0.3, -0.25) is 0 Å². The molecule has 20 heavy (non-hydrogen) atoms. The largest absolute Gasteiger partial charge is 0.497 e. The van der Waals surface area contributed by atoms with Crippen molar-refractivity contribution in [3.63, 3.8) is 0 Å². The van der Waals surface area contributed by atoms with Crippen LogP contribution in [0.4, 0.5) is 10.1 Å². The normalized spacial score (nSPS) is 20.8. The van der Waals surface area contributed by atoms with E-state index in [1.54, 1.807) is 19.2 Å². The molecule has 1 N–H and O–H groups in total. The van der Waals surface area contributed by atoms with Gasteiger partial charge in [0.15, 0.2) is 0 Å². The second-order valence-electron chi connectivity index (χ2n) is 5.75. The minimum absolute atomic E-state index is 0.212. The molecule has 0 amide bonds. The predicted octanol–water partition coefficient (Wildman–Crippen LogP) is 3.51. The smallest absolute Gasteiger partial charge is 0.146 e. The zero-order valence-electron chi connectivity index (χ0n) is 12.7. The molecule has 2 rings (SSSR count). The number of rotatable bonds is 4. The molecule has 1 fully saturated rings. The summed E-state index contributed by atoms with van der Waals surface area (Å²) in [5.41, 5.74) is 0.548. The summed E-state index contributed by atoms with van der Waals surface area (Å²) >= 11 is 0. The topological polar surface area (TPSA) is 24.5 Å². The molecule has 1 aromatic carbocycles. The summed E-state index contributed by atoms with van der Waals surface area (Å²) in [5, 5.41) is 3.34. The summed E-state index contributed by atoms with van der Waals surface area (Å²) in [7, 11) is 1.60. The molecule has 1 unspecified atom stereocenters. The van der Waals surface area contributed by atoms with E-state index in [2.05, 4.69) is 24.1 Å². The number of ether oxygens (including phenoxy) is 1. The maximum absolute atomic E-state index is 13.8. The number of nitrogens with zero attached hydrogens (tertiary/aromatic N) is 1. The van der Waals surface area contributed by atoms with Crippen LogP contribution in [-0.2, 0) is 0 Å².